The van der Waals surface area contributed by atoms with Gasteiger partial charge in [-0.15, -0.1) is 0 Å². The number of halogens is 3. The molecule has 10 heteroatoms. The van der Waals surface area contributed by atoms with E-state index in [4.69, 9.17) is 4.74 Å². The second-order valence-corrected chi connectivity index (χ2v) is 9.14. The number of nitrogens with zero attached hydrogens (tertiary/aromatic N) is 2. The molecule has 0 unspecified atom stereocenters. The van der Waals surface area contributed by atoms with Crippen LogP contribution in [0, 0.1) is 6.92 Å². The molecule has 34 heavy (non-hydrogen) atoms. The lowest BCUT2D eigenvalue weighted by Crippen LogP contribution is -2.14. The third-order valence-electron chi connectivity index (χ3n) is 5.12. The van der Waals surface area contributed by atoms with Gasteiger partial charge in [-0.05, 0) is 42.8 Å². The third kappa shape index (κ3) is 4.76. The van der Waals surface area contributed by atoms with Crippen molar-refractivity contribution in [2.24, 2.45) is 0 Å². The number of hydrogen-bond acceptors (Lipinski definition) is 4. The Kier molecular flexibility index (Phi) is 6.09. The van der Waals surface area contributed by atoms with Gasteiger partial charge in [-0.1, -0.05) is 30.3 Å². The Labute approximate surface area is 194 Å². The highest BCUT2D eigenvalue weighted by atomic mass is 32.2. The molecule has 0 aliphatic heterocycles. The summed E-state index contributed by atoms with van der Waals surface area (Å²) in [5.41, 5.74) is 1.57. The van der Waals surface area contributed by atoms with E-state index >= 15 is 0 Å². The SMILES string of the molecule is COc1cc(NS(=O)(=O)c2ccccc2-c2ccc(C(F)(F)F)cc2)ccc1-n1cnc(C)c1. The molecule has 3 aromatic carbocycles. The van der Waals surface area contributed by atoms with E-state index in [-0.39, 0.29) is 16.1 Å². The van der Waals surface area contributed by atoms with Crippen LogP contribution in [0.25, 0.3) is 16.8 Å². The molecule has 0 atom stereocenters. The van der Waals surface area contributed by atoms with E-state index in [2.05, 4.69) is 9.71 Å². The summed E-state index contributed by atoms with van der Waals surface area (Å²) >= 11 is 0. The average Bonchev–Trinajstić information content (AvgIpc) is 3.24. The van der Waals surface area contributed by atoms with Gasteiger partial charge >= 0.3 is 6.18 Å². The number of anilines is 1. The lowest BCUT2D eigenvalue weighted by Gasteiger charge is -2.15. The Bertz CT molecular complexity index is 1430. The molecule has 1 N–H and O–H groups in total. The van der Waals surface area contributed by atoms with Crippen LogP contribution in [-0.2, 0) is 16.2 Å². The molecule has 4 aromatic rings. The van der Waals surface area contributed by atoms with Crippen LogP contribution in [0.1, 0.15) is 11.3 Å². The van der Waals surface area contributed by atoms with Gasteiger partial charge in [-0.2, -0.15) is 13.2 Å². The minimum absolute atomic E-state index is 0.0666. The maximum Gasteiger partial charge on any atom is 0.416 e. The fraction of sp³-hybridized carbons (Fsp3) is 0.125. The number of nitrogens with one attached hydrogen (secondary N) is 1. The van der Waals surface area contributed by atoms with Gasteiger partial charge in [0, 0.05) is 17.8 Å². The van der Waals surface area contributed by atoms with E-state index in [9.17, 15) is 21.6 Å². The molecular weight excluding hydrogens is 467 g/mol. The van der Waals surface area contributed by atoms with Gasteiger partial charge in [0.1, 0.15) is 5.75 Å². The highest BCUT2D eigenvalue weighted by Gasteiger charge is 2.30. The van der Waals surface area contributed by atoms with Crippen molar-refractivity contribution in [1.82, 2.24) is 9.55 Å². The summed E-state index contributed by atoms with van der Waals surface area (Å²) in [6.07, 6.45) is -1.05. The van der Waals surface area contributed by atoms with Crippen LogP contribution >= 0.6 is 0 Å². The molecule has 0 radical (unpaired) electrons. The van der Waals surface area contributed by atoms with Gasteiger partial charge in [0.25, 0.3) is 10.0 Å². The number of sulfonamides is 1. The molecule has 0 fully saturated rings. The predicted molar refractivity (Wildman–Crippen MR) is 123 cm³/mol. The first kappa shape index (κ1) is 23.4. The second-order valence-electron chi connectivity index (χ2n) is 7.49. The number of methoxy groups -OCH3 is 1. The summed E-state index contributed by atoms with van der Waals surface area (Å²) in [7, 11) is -2.60. The number of ether oxygens (including phenoxy) is 1. The zero-order valence-corrected chi connectivity index (χ0v) is 19.0. The van der Waals surface area contributed by atoms with Crippen LogP contribution in [0.15, 0.2) is 84.1 Å². The number of aromatic nitrogens is 2. The average molecular weight is 488 g/mol. The molecule has 6 nitrogen and oxygen atoms in total. The zero-order chi connectivity index (χ0) is 24.5. The van der Waals surface area contributed by atoms with Crippen LogP contribution in [0.4, 0.5) is 18.9 Å². The van der Waals surface area contributed by atoms with Crippen LogP contribution in [0.5, 0.6) is 5.75 Å². The highest BCUT2D eigenvalue weighted by Crippen LogP contribution is 2.34. The topological polar surface area (TPSA) is 73.2 Å². The van der Waals surface area contributed by atoms with Gasteiger partial charge in [-0.25, -0.2) is 13.4 Å². The molecule has 0 saturated heterocycles. The molecule has 0 saturated carbocycles. The number of imidazole rings is 1. The Hall–Kier alpha value is -3.79. The van der Waals surface area contributed by atoms with Gasteiger partial charge in [-0.3, -0.25) is 4.72 Å². The molecule has 0 spiro atoms. The second kappa shape index (κ2) is 8.86. The Balaban J connectivity index is 1.67. The number of rotatable bonds is 6. The Morgan fingerprint density at radius 1 is 1.00 bits per heavy atom. The van der Waals surface area contributed by atoms with E-state index < -0.39 is 21.8 Å². The predicted octanol–water partition coefficient (Wildman–Crippen LogP) is 5.68. The van der Waals surface area contributed by atoms with E-state index in [1.807, 2.05) is 13.1 Å². The van der Waals surface area contributed by atoms with Crippen molar-refractivity contribution in [1.29, 1.82) is 0 Å². The first-order valence-electron chi connectivity index (χ1n) is 10.1. The fourth-order valence-electron chi connectivity index (χ4n) is 3.50. The number of alkyl halides is 3. The zero-order valence-electron chi connectivity index (χ0n) is 18.2. The molecule has 1 heterocycles. The van der Waals surface area contributed by atoms with Gasteiger partial charge in [0.05, 0.1) is 41.0 Å². The summed E-state index contributed by atoms with van der Waals surface area (Å²) in [5.74, 6) is 0.425. The Morgan fingerprint density at radius 2 is 1.71 bits per heavy atom. The van der Waals surface area contributed by atoms with Crippen molar-refractivity contribution in [3.63, 3.8) is 0 Å². The molecule has 0 aliphatic rings. The quantitative estimate of drug-likeness (QED) is 0.380. The summed E-state index contributed by atoms with van der Waals surface area (Å²) in [6, 6.07) is 15.3. The maximum absolute atomic E-state index is 13.2. The van der Waals surface area contributed by atoms with Crippen molar-refractivity contribution in [3.05, 3.63) is 90.5 Å². The van der Waals surface area contributed by atoms with Gasteiger partial charge in [0.15, 0.2) is 0 Å². The lowest BCUT2D eigenvalue weighted by molar-refractivity contribution is -0.137. The van der Waals surface area contributed by atoms with Gasteiger partial charge in [0.2, 0.25) is 0 Å². The molecule has 0 bridgehead atoms. The maximum atomic E-state index is 13.2. The van der Waals surface area contributed by atoms with Crippen molar-refractivity contribution in [2.45, 2.75) is 18.0 Å². The largest absolute Gasteiger partial charge is 0.494 e. The van der Waals surface area contributed by atoms with E-state index in [1.54, 1.807) is 47.3 Å². The van der Waals surface area contributed by atoms with Crippen molar-refractivity contribution >= 4 is 15.7 Å². The number of benzene rings is 3. The first-order valence-corrected chi connectivity index (χ1v) is 11.6. The minimum Gasteiger partial charge on any atom is -0.494 e. The summed E-state index contributed by atoms with van der Waals surface area (Å²) < 4.78 is 74.9. The molecule has 4 rings (SSSR count). The molecular formula is C24H20F3N3O3S. The van der Waals surface area contributed by atoms with Crippen molar-refractivity contribution < 1.29 is 26.3 Å². The van der Waals surface area contributed by atoms with Crippen LogP contribution < -0.4 is 9.46 Å². The fourth-order valence-corrected chi connectivity index (χ4v) is 4.78. The normalized spacial score (nSPS) is 11.9. The standard InChI is InChI=1S/C24H20F3N3O3S/c1-16-14-30(15-28-16)21-12-11-19(13-22(21)33-2)29-34(31,32)23-6-4-3-5-20(23)17-7-9-18(10-8-17)24(25,26)27/h3-15,29H,1-2H3. The minimum atomic E-state index is -4.48. The van der Waals surface area contributed by atoms with Crippen LogP contribution in [0.2, 0.25) is 0 Å². The van der Waals surface area contributed by atoms with Gasteiger partial charge < -0.3 is 9.30 Å². The van der Waals surface area contributed by atoms with E-state index in [1.165, 1.54) is 25.3 Å². The highest BCUT2D eigenvalue weighted by molar-refractivity contribution is 7.92. The van der Waals surface area contributed by atoms with Crippen LogP contribution in [0.3, 0.4) is 0 Å². The lowest BCUT2D eigenvalue weighted by atomic mass is 10.0. The monoisotopic (exact) mass is 487 g/mol. The first-order chi connectivity index (χ1) is 16.1. The van der Waals surface area contributed by atoms with E-state index in [0.29, 0.717) is 17.0 Å². The van der Waals surface area contributed by atoms with Crippen molar-refractivity contribution in [3.8, 4) is 22.6 Å². The summed E-state index contributed by atoms with van der Waals surface area (Å²) in [4.78, 5) is 4.11. The molecule has 176 valence electrons. The van der Waals surface area contributed by atoms with Crippen LogP contribution in [-0.4, -0.2) is 25.1 Å². The third-order valence-corrected chi connectivity index (χ3v) is 6.56. The number of hydrogen-bond donors (Lipinski definition) is 1. The van der Waals surface area contributed by atoms with E-state index in [0.717, 1.165) is 17.8 Å². The molecule has 1 aromatic heterocycles. The Morgan fingerprint density at radius 3 is 2.32 bits per heavy atom. The molecule has 0 amide bonds. The van der Waals surface area contributed by atoms with Crippen molar-refractivity contribution in [2.75, 3.05) is 11.8 Å². The molecule has 0 aliphatic carbocycles. The number of aryl methyl sites for hydroxylation is 1. The summed E-state index contributed by atoms with van der Waals surface area (Å²) in [6.45, 7) is 1.85. The summed E-state index contributed by atoms with van der Waals surface area (Å²) in [5, 5.41) is 0. The smallest absolute Gasteiger partial charge is 0.416 e.